The summed E-state index contributed by atoms with van der Waals surface area (Å²) in [7, 11) is 0. The highest BCUT2D eigenvalue weighted by atomic mass is 16.7. The summed E-state index contributed by atoms with van der Waals surface area (Å²) in [6.07, 6.45) is 4.24. The summed E-state index contributed by atoms with van der Waals surface area (Å²) in [5.74, 6) is -0.245. The zero-order valence-corrected chi connectivity index (χ0v) is 22.6. The molecule has 0 spiro atoms. The first kappa shape index (κ1) is 27.1. The molecule has 6 aliphatic rings. The van der Waals surface area contributed by atoms with Crippen LogP contribution in [0.3, 0.4) is 0 Å². The summed E-state index contributed by atoms with van der Waals surface area (Å²) in [6.45, 7) is 4.05. The lowest BCUT2D eigenvalue weighted by molar-refractivity contribution is -0.297. The molecule has 0 aromatic carbocycles. The Morgan fingerprint density at radius 1 is 1.05 bits per heavy atom. The number of ether oxygens (including phenoxy) is 3. The van der Waals surface area contributed by atoms with Crippen LogP contribution in [0.15, 0.2) is 11.6 Å². The van der Waals surface area contributed by atoms with E-state index in [1.54, 1.807) is 13.0 Å². The lowest BCUT2D eigenvalue weighted by Gasteiger charge is -2.66. The first-order valence-electron chi connectivity index (χ1n) is 14.6. The fourth-order valence-corrected chi connectivity index (χ4v) is 9.94. The number of cyclic esters (lactones) is 1. The van der Waals surface area contributed by atoms with Crippen LogP contribution in [0.5, 0.6) is 0 Å². The molecule has 0 aromatic rings. The van der Waals surface area contributed by atoms with Crippen molar-refractivity contribution in [3.8, 4) is 0 Å². The van der Waals surface area contributed by atoms with E-state index in [1.165, 1.54) is 0 Å². The van der Waals surface area contributed by atoms with Crippen molar-refractivity contribution in [1.82, 2.24) is 0 Å². The van der Waals surface area contributed by atoms with E-state index >= 15 is 0 Å². The standard InChI is InChI=1S/C29H44O9/c1-16-25(33)22(31)12-24(37-16)38-18-3-8-27(15-30)20-4-7-26(2)19(17-11-23(32)36-14-17)6-10-29(26,35)21(20)5-9-28(27,34)13-18/h11,16,18-22,24-25,30-31,33-35H,3-10,12-15H2,1-2H3/t16-,18+,19-,20+,21-,22+,24?,25-,26-,27+,28+,29+/m1/s1. The first-order chi connectivity index (χ1) is 18.0. The maximum absolute atomic E-state index is 12.4. The van der Waals surface area contributed by atoms with Crippen LogP contribution < -0.4 is 0 Å². The number of aliphatic hydroxyl groups is 5. The highest BCUT2D eigenvalue weighted by Crippen LogP contribution is 2.70. The van der Waals surface area contributed by atoms with Crippen molar-refractivity contribution in [3.05, 3.63) is 11.6 Å². The summed E-state index contributed by atoms with van der Waals surface area (Å²) < 4.78 is 17.2. The molecular formula is C29H44O9. The highest BCUT2D eigenvalue weighted by Gasteiger charge is 2.71. The Balaban J connectivity index is 1.21. The Morgan fingerprint density at radius 3 is 2.50 bits per heavy atom. The first-order valence-corrected chi connectivity index (χ1v) is 14.6. The van der Waals surface area contributed by atoms with Crippen LogP contribution in [-0.4, -0.2) is 86.6 Å². The third-order valence-corrected chi connectivity index (χ3v) is 12.1. The van der Waals surface area contributed by atoms with Gasteiger partial charge in [-0.15, -0.1) is 0 Å². The van der Waals surface area contributed by atoms with E-state index < -0.39 is 41.2 Å². The average molecular weight is 537 g/mol. The Labute approximate surface area is 224 Å². The Morgan fingerprint density at radius 2 is 1.82 bits per heavy atom. The highest BCUT2D eigenvalue weighted by molar-refractivity contribution is 5.85. The molecule has 5 fully saturated rings. The Bertz CT molecular complexity index is 973. The van der Waals surface area contributed by atoms with Gasteiger partial charge in [-0.2, -0.15) is 0 Å². The number of aliphatic hydroxyl groups excluding tert-OH is 3. The summed E-state index contributed by atoms with van der Waals surface area (Å²) in [6, 6.07) is 0. The summed E-state index contributed by atoms with van der Waals surface area (Å²) in [5, 5.41) is 55.6. The molecular weight excluding hydrogens is 492 g/mol. The maximum atomic E-state index is 12.4. The molecule has 6 rings (SSSR count). The normalized spacial score (nSPS) is 54.5. The number of fused-ring (bicyclic) bond motifs is 5. The van der Waals surface area contributed by atoms with Gasteiger partial charge in [0.15, 0.2) is 6.29 Å². The van der Waals surface area contributed by atoms with Crippen LogP contribution >= 0.6 is 0 Å². The molecule has 9 heteroatoms. The van der Waals surface area contributed by atoms with Crippen molar-refractivity contribution in [2.75, 3.05) is 13.2 Å². The fraction of sp³-hybridized carbons (Fsp3) is 0.897. The molecule has 38 heavy (non-hydrogen) atoms. The van der Waals surface area contributed by atoms with E-state index in [0.717, 1.165) is 24.8 Å². The van der Waals surface area contributed by atoms with Gasteiger partial charge in [0.05, 0.1) is 36.1 Å². The second kappa shape index (κ2) is 9.23. The summed E-state index contributed by atoms with van der Waals surface area (Å²) in [4.78, 5) is 11.8. The van der Waals surface area contributed by atoms with Crippen molar-refractivity contribution in [2.45, 2.75) is 120 Å². The van der Waals surface area contributed by atoms with E-state index in [9.17, 15) is 30.3 Å². The number of hydrogen-bond acceptors (Lipinski definition) is 9. The lowest BCUT2D eigenvalue weighted by Crippen LogP contribution is -2.69. The van der Waals surface area contributed by atoms with Gasteiger partial charge in [-0.1, -0.05) is 6.92 Å². The second-order valence-electron chi connectivity index (χ2n) is 13.5. The van der Waals surface area contributed by atoms with E-state index in [2.05, 4.69) is 6.92 Å². The van der Waals surface area contributed by atoms with E-state index in [1.807, 2.05) is 0 Å². The van der Waals surface area contributed by atoms with E-state index in [4.69, 9.17) is 14.2 Å². The smallest absolute Gasteiger partial charge is 0.331 e. The molecule has 5 N–H and O–H groups in total. The number of carbonyl (C=O) groups is 1. The van der Waals surface area contributed by atoms with Gasteiger partial charge >= 0.3 is 5.97 Å². The molecule has 214 valence electrons. The van der Waals surface area contributed by atoms with Crippen LogP contribution in [0, 0.1) is 28.6 Å². The molecule has 12 atom stereocenters. The van der Waals surface area contributed by atoms with Gasteiger partial charge in [0.2, 0.25) is 0 Å². The van der Waals surface area contributed by atoms with Crippen LogP contribution in [0.4, 0.5) is 0 Å². The molecule has 0 radical (unpaired) electrons. The van der Waals surface area contributed by atoms with Gasteiger partial charge < -0.3 is 39.7 Å². The molecule has 2 aliphatic heterocycles. The zero-order valence-electron chi connectivity index (χ0n) is 22.6. The van der Waals surface area contributed by atoms with Crippen molar-refractivity contribution < 1.29 is 44.5 Å². The van der Waals surface area contributed by atoms with Gasteiger partial charge in [-0.05, 0) is 81.6 Å². The largest absolute Gasteiger partial charge is 0.458 e. The van der Waals surface area contributed by atoms with Crippen molar-refractivity contribution in [1.29, 1.82) is 0 Å². The topological polar surface area (TPSA) is 146 Å². The Hall–Kier alpha value is -1.07. The maximum Gasteiger partial charge on any atom is 0.331 e. The number of carbonyl (C=O) groups excluding carboxylic acids is 1. The van der Waals surface area contributed by atoms with Gasteiger partial charge in [0.25, 0.3) is 0 Å². The number of hydrogen-bond donors (Lipinski definition) is 5. The van der Waals surface area contributed by atoms with Crippen LogP contribution in [-0.2, 0) is 19.0 Å². The predicted octanol–water partition coefficient (Wildman–Crippen LogP) is 1.57. The predicted molar refractivity (Wildman–Crippen MR) is 134 cm³/mol. The molecule has 1 unspecified atom stereocenters. The lowest BCUT2D eigenvalue weighted by atomic mass is 9.41. The number of esters is 1. The van der Waals surface area contributed by atoms with Crippen molar-refractivity contribution >= 4 is 5.97 Å². The quantitative estimate of drug-likeness (QED) is 0.267. The minimum Gasteiger partial charge on any atom is -0.458 e. The van der Waals surface area contributed by atoms with Crippen LogP contribution in [0.2, 0.25) is 0 Å². The van der Waals surface area contributed by atoms with Gasteiger partial charge in [0.1, 0.15) is 12.7 Å². The third-order valence-electron chi connectivity index (χ3n) is 12.1. The molecule has 0 amide bonds. The van der Waals surface area contributed by atoms with Crippen molar-refractivity contribution in [3.63, 3.8) is 0 Å². The van der Waals surface area contributed by atoms with E-state index in [0.29, 0.717) is 45.1 Å². The second-order valence-corrected chi connectivity index (χ2v) is 13.5. The summed E-state index contributed by atoms with van der Waals surface area (Å²) >= 11 is 0. The summed E-state index contributed by atoms with van der Waals surface area (Å²) in [5.41, 5.74) is -2.15. The molecule has 2 heterocycles. The average Bonchev–Trinajstić information content (AvgIpc) is 3.41. The van der Waals surface area contributed by atoms with Crippen molar-refractivity contribution in [2.24, 2.45) is 28.6 Å². The number of rotatable bonds is 4. The molecule has 1 saturated heterocycles. The third kappa shape index (κ3) is 3.72. The fourth-order valence-electron chi connectivity index (χ4n) is 9.94. The molecule has 9 nitrogen and oxygen atoms in total. The zero-order chi connectivity index (χ0) is 27.1. The monoisotopic (exact) mass is 536 g/mol. The minimum absolute atomic E-state index is 0.0117. The van der Waals surface area contributed by atoms with E-state index in [-0.39, 0.29) is 48.3 Å². The Kier molecular flexibility index (Phi) is 6.58. The molecule has 4 aliphatic carbocycles. The van der Waals surface area contributed by atoms with Gasteiger partial charge in [-0.3, -0.25) is 0 Å². The van der Waals surface area contributed by atoms with Gasteiger partial charge in [-0.25, -0.2) is 4.79 Å². The van der Waals surface area contributed by atoms with Gasteiger partial charge in [0, 0.05) is 29.7 Å². The molecule has 0 aromatic heterocycles. The molecule has 0 bridgehead atoms. The minimum atomic E-state index is -1.12. The molecule has 4 saturated carbocycles. The SMILES string of the molecule is C[C@H]1OC(O[C@H]2CC[C@]3(CO)[C@H]4CC[C@]5(C)[C@@H](C6=CC(=O)OC6)CC[C@]5(O)[C@@H]4CC[C@]3(O)C2)C[C@H](O)[C@@H]1O. The van der Waals surface area contributed by atoms with Crippen LogP contribution in [0.25, 0.3) is 0 Å². The van der Waals surface area contributed by atoms with Crippen LogP contribution in [0.1, 0.15) is 78.1 Å².